The maximum atomic E-state index is 5.93. The molecule has 0 spiro atoms. The fourth-order valence-corrected chi connectivity index (χ4v) is 2.48. The van der Waals surface area contributed by atoms with Crippen LogP contribution in [0.2, 0.25) is 0 Å². The van der Waals surface area contributed by atoms with E-state index >= 15 is 0 Å². The molecule has 0 bridgehead atoms. The Labute approximate surface area is 155 Å². The number of guanidine groups is 1. The zero-order chi connectivity index (χ0) is 18.8. The smallest absolute Gasteiger partial charge is 0.191 e. The molecule has 7 nitrogen and oxygen atoms in total. The van der Waals surface area contributed by atoms with E-state index < -0.39 is 0 Å². The van der Waals surface area contributed by atoms with Crippen molar-refractivity contribution in [3.63, 3.8) is 0 Å². The highest BCUT2D eigenvalue weighted by Crippen LogP contribution is 2.20. The van der Waals surface area contributed by atoms with Crippen LogP contribution in [0.3, 0.4) is 0 Å². The van der Waals surface area contributed by atoms with E-state index in [-0.39, 0.29) is 0 Å². The largest absolute Gasteiger partial charge is 0.493 e. The fraction of sp³-hybridized carbons (Fsp3) is 0.474. The van der Waals surface area contributed by atoms with E-state index in [2.05, 4.69) is 45.8 Å². The number of rotatable bonds is 9. The fourth-order valence-electron chi connectivity index (χ4n) is 2.48. The molecular formula is C19H29N5O2. The van der Waals surface area contributed by atoms with Gasteiger partial charge in [0.05, 0.1) is 18.8 Å². The molecule has 0 amide bonds. The van der Waals surface area contributed by atoms with Crippen LogP contribution in [0, 0.1) is 6.92 Å². The van der Waals surface area contributed by atoms with Crippen LogP contribution in [0.4, 0.5) is 0 Å². The van der Waals surface area contributed by atoms with E-state index in [0.29, 0.717) is 26.3 Å². The van der Waals surface area contributed by atoms with Crippen molar-refractivity contribution in [3.05, 3.63) is 47.3 Å². The molecule has 0 unspecified atom stereocenters. The van der Waals surface area contributed by atoms with Crippen molar-refractivity contribution in [2.75, 3.05) is 27.4 Å². The first-order valence-electron chi connectivity index (χ1n) is 8.76. The molecule has 2 rings (SSSR count). The van der Waals surface area contributed by atoms with Gasteiger partial charge in [0.15, 0.2) is 5.96 Å². The van der Waals surface area contributed by atoms with E-state index in [1.807, 2.05) is 17.8 Å². The average molecular weight is 359 g/mol. The van der Waals surface area contributed by atoms with Gasteiger partial charge in [-0.15, -0.1) is 0 Å². The van der Waals surface area contributed by atoms with Crippen LogP contribution in [0.25, 0.3) is 0 Å². The summed E-state index contributed by atoms with van der Waals surface area (Å²) >= 11 is 0. The molecule has 0 saturated carbocycles. The first kappa shape index (κ1) is 19.8. The number of benzene rings is 1. The number of methoxy groups -OCH3 is 1. The zero-order valence-corrected chi connectivity index (χ0v) is 16.1. The maximum Gasteiger partial charge on any atom is 0.191 e. The Balaban J connectivity index is 1.90. The van der Waals surface area contributed by atoms with E-state index in [1.54, 1.807) is 20.4 Å². The van der Waals surface area contributed by atoms with Gasteiger partial charge in [0.2, 0.25) is 0 Å². The van der Waals surface area contributed by atoms with Crippen LogP contribution in [-0.4, -0.2) is 43.1 Å². The van der Waals surface area contributed by atoms with Crippen molar-refractivity contribution >= 4 is 5.96 Å². The predicted molar refractivity (Wildman–Crippen MR) is 103 cm³/mol. The van der Waals surface area contributed by atoms with E-state index in [4.69, 9.17) is 9.47 Å². The van der Waals surface area contributed by atoms with Crippen molar-refractivity contribution in [2.45, 2.75) is 26.4 Å². The van der Waals surface area contributed by atoms with Crippen molar-refractivity contribution in [1.82, 2.24) is 20.4 Å². The molecule has 2 N–H and O–H groups in total. The van der Waals surface area contributed by atoms with Gasteiger partial charge in [-0.25, -0.2) is 0 Å². The Morgan fingerprint density at radius 1 is 1.19 bits per heavy atom. The Hall–Kier alpha value is -2.54. The molecule has 0 aliphatic rings. The lowest BCUT2D eigenvalue weighted by atomic mass is 10.1. The Bertz CT molecular complexity index is 712. The second-order valence-corrected chi connectivity index (χ2v) is 6.03. The first-order valence-corrected chi connectivity index (χ1v) is 8.76. The lowest BCUT2D eigenvalue weighted by Gasteiger charge is -2.15. The topological polar surface area (TPSA) is 72.7 Å². The molecule has 7 heteroatoms. The standard InChI is InChI=1S/C19H29N5O2/c1-15-6-7-16(18(12-15)26-11-5-10-25-4)13-21-19(20-2)22-14-17-8-9-23-24(17)3/h6-9,12H,5,10-11,13-14H2,1-4H3,(H2,20,21,22). The third-order valence-corrected chi connectivity index (χ3v) is 4.00. The van der Waals surface area contributed by atoms with Crippen LogP contribution in [0.5, 0.6) is 5.75 Å². The van der Waals surface area contributed by atoms with Crippen LogP contribution in [0.15, 0.2) is 35.5 Å². The van der Waals surface area contributed by atoms with Gasteiger partial charge in [0.1, 0.15) is 5.75 Å². The molecule has 0 radical (unpaired) electrons. The Kier molecular flexibility index (Phi) is 7.95. The molecule has 142 valence electrons. The van der Waals surface area contributed by atoms with Crippen molar-refractivity contribution in [2.24, 2.45) is 12.0 Å². The normalized spacial score (nSPS) is 11.5. The molecule has 0 aliphatic heterocycles. The summed E-state index contributed by atoms with van der Waals surface area (Å²) < 4.78 is 12.8. The highest BCUT2D eigenvalue weighted by molar-refractivity contribution is 5.79. The summed E-state index contributed by atoms with van der Waals surface area (Å²) in [6.07, 6.45) is 2.65. The van der Waals surface area contributed by atoms with Gasteiger partial charge in [0.25, 0.3) is 0 Å². The SMILES string of the molecule is CN=C(NCc1ccc(C)cc1OCCCOC)NCc1ccnn1C. The quantitative estimate of drug-likeness (QED) is 0.407. The van der Waals surface area contributed by atoms with Gasteiger partial charge in [-0.3, -0.25) is 9.67 Å². The summed E-state index contributed by atoms with van der Waals surface area (Å²) in [5.74, 6) is 1.63. The van der Waals surface area contributed by atoms with Crippen LogP contribution >= 0.6 is 0 Å². The third kappa shape index (κ3) is 6.07. The number of aliphatic imine (C=N–C) groups is 1. The van der Waals surface area contributed by atoms with Gasteiger partial charge in [0, 0.05) is 52.5 Å². The average Bonchev–Trinajstić information content (AvgIpc) is 3.05. The van der Waals surface area contributed by atoms with Gasteiger partial charge in [-0.2, -0.15) is 5.10 Å². The first-order chi connectivity index (χ1) is 12.6. The molecule has 0 aliphatic carbocycles. The summed E-state index contributed by atoms with van der Waals surface area (Å²) in [5.41, 5.74) is 3.36. The molecule has 1 aromatic heterocycles. The van der Waals surface area contributed by atoms with Gasteiger partial charge >= 0.3 is 0 Å². The van der Waals surface area contributed by atoms with Gasteiger partial charge < -0.3 is 20.1 Å². The Morgan fingerprint density at radius 2 is 2.00 bits per heavy atom. The Morgan fingerprint density at radius 3 is 2.69 bits per heavy atom. The second-order valence-electron chi connectivity index (χ2n) is 6.03. The zero-order valence-electron chi connectivity index (χ0n) is 16.1. The van der Waals surface area contributed by atoms with Crippen molar-refractivity contribution < 1.29 is 9.47 Å². The minimum Gasteiger partial charge on any atom is -0.493 e. The second kappa shape index (κ2) is 10.5. The van der Waals surface area contributed by atoms with Crippen LogP contribution in [-0.2, 0) is 24.9 Å². The van der Waals surface area contributed by atoms with E-state index in [1.165, 1.54) is 5.56 Å². The van der Waals surface area contributed by atoms with E-state index in [0.717, 1.165) is 29.4 Å². The van der Waals surface area contributed by atoms with Gasteiger partial charge in [-0.1, -0.05) is 12.1 Å². The number of hydrogen-bond donors (Lipinski definition) is 2. The molecule has 0 saturated heterocycles. The summed E-state index contributed by atoms with van der Waals surface area (Å²) in [7, 11) is 5.38. The molecular weight excluding hydrogens is 330 g/mol. The highest BCUT2D eigenvalue weighted by atomic mass is 16.5. The third-order valence-electron chi connectivity index (χ3n) is 4.00. The summed E-state index contributed by atoms with van der Waals surface area (Å²) in [6.45, 7) is 4.69. The number of nitrogens with zero attached hydrogens (tertiary/aromatic N) is 3. The van der Waals surface area contributed by atoms with Crippen LogP contribution < -0.4 is 15.4 Å². The minimum absolute atomic E-state index is 0.630. The van der Waals surface area contributed by atoms with Crippen molar-refractivity contribution in [3.8, 4) is 5.75 Å². The van der Waals surface area contributed by atoms with E-state index in [9.17, 15) is 0 Å². The van der Waals surface area contributed by atoms with Crippen LogP contribution in [0.1, 0.15) is 23.2 Å². The minimum atomic E-state index is 0.630. The molecule has 0 fully saturated rings. The summed E-state index contributed by atoms with van der Waals surface area (Å²) in [6, 6.07) is 8.22. The molecule has 1 aromatic carbocycles. The molecule has 1 heterocycles. The van der Waals surface area contributed by atoms with Gasteiger partial charge in [-0.05, 0) is 24.6 Å². The monoisotopic (exact) mass is 359 g/mol. The number of aromatic nitrogens is 2. The maximum absolute atomic E-state index is 5.93. The molecule has 0 atom stereocenters. The molecule has 2 aromatic rings. The number of hydrogen-bond acceptors (Lipinski definition) is 4. The summed E-state index contributed by atoms with van der Waals surface area (Å²) in [5, 5.41) is 10.8. The van der Waals surface area contributed by atoms with Crippen molar-refractivity contribution in [1.29, 1.82) is 0 Å². The molecule has 26 heavy (non-hydrogen) atoms. The number of aryl methyl sites for hydroxylation is 2. The number of ether oxygens (including phenoxy) is 2. The lowest BCUT2D eigenvalue weighted by Crippen LogP contribution is -2.36. The number of nitrogens with one attached hydrogen (secondary N) is 2. The predicted octanol–water partition coefficient (Wildman–Crippen LogP) is 2.01. The lowest BCUT2D eigenvalue weighted by molar-refractivity contribution is 0.171. The highest BCUT2D eigenvalue weighted by Gasteiger charge is 2.07. The summed E-state index contributed by atoms with van der Waals surface area (Å²) in [4.78, 5) is 4.27.